The number of nitrogens with zero attached hydrogens (tertiary/aromatic N) is 3. The summed E-state index contributed by atoms with van der Waals surface area (Å²) >= 11 is 0. The lowest BCUT2D eigenvalue weighted by Crippen LogP contribution is -2.47. The third-order valence-electron chi connectivity index (χ3n) is 5.58. The van der Waals surface area contributed by atoms with Crippen molar-refractivity contribution < 1.29 is 14.3 Å². The lowest BCUT2D eigenvalue weighted by Gasteiger charge is -2.32. The summed E-state index contributed by atoms with van der Waals surface area (Å²) < 4.78 is 6.97. The van der Waals surface area contributed by atoms with Crippen LogP contribution in [-0.2, 0) is 11.2 Å². The number of ether oxygens (including phenoxy) is 1. The predicted molar refractivity (Wildman–Crippen MR) is 117 cm³/mol. The fourth-order valence-electron chi connectivity index (χ4n) is 3.78. The largest absolute Gasteiger partial charge is 0.497 e. The Bertz CT molecular complexity index is 1020. The van der Waals surface area contributed by atoms with Gasteiger partial charge in [0.05, 0.1) is 19.2 Å². The summed E-state index contributed by atoms with van der Waals surface area (Å²) in [5.74, 6) is 0.663. The molecule has 2 amide bonds. The molecule has 0 bridgehead atoms. The highest BCUT2D eigenvalue weighted by Crippen LogP contribution is 2.16. The molecular weight excluding hydrogens is 392 g/mol. The van der Waals surface area contributed by atoms with E-state index >= 15 is 0 Å². The van der Waals surface area contributed by atoms with Gasteiger partial charge in [-0.1, -0.05) is 18.2 Å². The average Bonchev–Trinajstić information content (AvgIpc) is 3.35. The van der Waals surface area contributed by atoms with E-state index in [2.05, 4.69) is 10.4 Å². The van der Waals surface area contributed by atoms with Gasteiger partial charge in [0.15, 0.2) is 0 Å². The number of hydrogen-bond donors (Lipinski definition) is 1. The topological polar surface area (TPSA) is 76.5 Å². The molecule has 31 heavy (non-hydrogen) atoms. The monoisotopic (exact) mass is 418 g/mol. The van der Waals surface area contributed by atoms with Crippen LogP contribution in [0.5, 0.6) is 5.75 Å². The van der Waals surface area contributed by atoms with Crippen LogP contribution in [0.2, 0.25) is 0 Å². The van der Waals surface area contributed by atoms with Crippen molar-refractivity contribution in [2.24, 2.45) is 0 Å². The number of methoxy groups -OCH3 is 1. The molecule has 0 radical (unpaired) electrons. The molecule has 0 spiro atoms. The maximum absolute atomic E-state index is 12.7. The Balaban J connectivity index is 1.26. The highest BCUT2D eigenvalue weighted by Gasteiger charge is 2.24. The number of carbonyl (C=O) groups is 2. The molecule has 160 valence electrons. The molecular formula is C24H26N4O3. The van der Waals surface area contributed by atoms with Gasteiger partial charge in [-0.15, -0.1) is 0 Å². The first-order valence-electron chi connectivity index (χ1n) is 10.4. The first kappa shape index (κ1) is 20.7. The Hall–Kier alpha value is -3.61. The first-order chi connectivity index (χ1) is 15.1. The summed E-state index contributed by atoms with van der Waals surface area (Å²) in [6, 6.07) is 16.9. The van der Waals surface area contributed by atoms with Crippen molar-refractivity contribution in [2.45, 2.75) is 25.3 Å². The van der Waals surface area contributed by atoms with Gasteiger partial charge in [-0.3, -0.25) is 9.59 Å². The zero-order valence-electron chi connectivity index (χ0n) is 17.5. The maximum Gasteiger partial charge on any atom is 0.251 e. The van der Waals surface area contributed by atoms with Crippen molar-refractivity contribution in [1.82, 2.24) is 20.0 Å². The van der Waals surface area contributed by atoms with Crippen LogP contribution >= 0.6 is 0 Å². The quantitative estimate of drug-likeness (QED) is 0.668. The second kappa shape index (κ2) is 9.47. The second-order valence-electron chi connectivity index (χ2n) is 7.65. The molecule has 1 fully saturated rings. The van der Waals surface area contributed by atoms with E-state index in [1.807, 2.05) is 47.5 Å². The lowest BCUT2D eigenvalue weighted by molar-refractivity contribution is -0.131. The normalized spacial score (nSPS) is 14.3. The van der Waals surface area contributed by atoms with Gasteiger partial charge in [0.2, 0.25) is 5.91 Å². The molecule has 2 aromatic carbocycles. The Kier molecular flexibility index (Phi) is 6.31. The van der Waals surface area contributed by atoms with E-state index in [4.69, 9.17) is 4.74 Å². The van der Waals surface area contributed by atoms with Crippen LogP contribution in [0.3, 0.4) is 0 Å². The second-order valence-corrected chi connectivity index (χ2v) is 7.65. The number of amides is 2. The fraction of sp³-hybridized carbons (Fsp3) is 0.292. The SMILES string of the molecule is COc1cccc(C(=O)NC2CCN(C(=O)Cc3ccc(-n4cccn4)cc3)CC2)c1. The summed E-state index contributed by atoms with van der Waals surface area (Å²) in [4.78, 5) is 27.1. The zero-order valence-corrected chi connectivity index (χ0v) is 17.5. The van der Waals surface area contributed by atoms with Crippen molar-refractivity contribution in [3.8, 4) is 11.4 Å². The number of benzene rings is 2. The number of hydrogen-bond acceptors (Lipinski definition) is 4. The molecule has 7 heteroatoms. The summed E-state index contributed by atoms with van der Waals surface area (Å²) in [5.41, 5.74) is 2.53. The minimum atomic E-state index is -0.110. The molecule has 1 N–H and O–H groups in total. The van der Waals surface area contributed by atoms with E-state index in [0.29, 0.717) is 30.8 Å². The molecule has 3 aromatic rings. The summed E-state index contributed by atoms with van der Waals surface area (Å²) in [6.07, 6.45) is 5.50. The van der Waals surface area contributed by atoms with Crippen LogP contribution < -0.4 is 10.1 Å². The number of carbonyl (C=O) groups excluding carboxylic acids is 2. The third-order valence-corrected chi connectivity index (χ3v) is 5.58. The van der Waals surface area contributed by atoms with Crippen molar-refractivity contribution >= 4 is 11.8 Å². The molecule has 2 heterocycles. The van der Waals surface area contributed by atoms with Gasteiger partial charge in [0.25, 0.3) is 5.91 Å². The number of piperidine rings is 1. The Morgan fingerprint density at radius 2 is 1.87 bits per heavy atom. The Morgan fingerprint density at radius 3 is 2.55 bits per heavy atom. The summed E-state index contributed by atoms with van der Waals surface area (Å²) in [7, 11) is 1.58. The zero-order chi connectivity index (χ0) is 21.6. The van der Waals surface area contributed by atoms with Crippen molar-refractivity contribution in [3.05, 3.63) is 78.1 Å². The molecule has 0 aliphatic carbocycles. The molecule has 7 nitrogen and oxygen atoms in total. The van der Waals surface area contributed by atoms with Crippen LogP contribution in [0.25, 0.3) is 5.69 Å². The molecule has 1 aliphatic heterocycles. The fourth-order valence-corrected chi connectivity index (χ4v) is 3.78. The van der Waals surface area contributed by atoms with E-state index in [1.54, 1.807) is 36.2 Å². The van der Waals surface area contributed by atoms with E-state index in [1.165, 1.54) is 0 Å². The van der Waals surface area contributed by atoms with Crippen LogP contribution in [0.15, 0.2) is 67.0 Å². The van der Waals surface area contributed by atoms with Crippen LogP contribution in [0.4, 0.5) is 0 Å². The van der Waals surface area contributed by atoms with Gasteiger partial charge >= 0.3 is 0 Å². The third kappa shape index (κ3) is 5.12. The number of rotatable bonds is 6. The van der Waals surface area contributed by atoms with E-state index in [0.717, 1.165) is 24.1 Å². The smallest absolute Gasteiger partial charge is 0.251 e. The van der Waals surface area contributed by atoms with Gasteiger partial charge in [-0.2, -0.15) is 5.10 Å². The molecule has 4 rings (SSSR count). The summed E-state index contributed by atoms with van der Waals surface area (Å²) in [6.45, 7) is 1.29. The number of likely N-dealkylation sites (tertiary alicyclic amines) is 1. The van der Waals surface area contributed by atoms with E-state index in [-0.39, 0.29) is 17.9 Å². The summed E-state index contributed by atoms with van der Waals surface area (Å²) in [5, 5.41) is 7.29. The van der Waals surface area contributed by atoms with Crippen LogP contribution in [0.1, 0.15) is 28.8 Å². The molecule has 0 atom stereocenters. The minimum absolute atomic E-state index is 0.0658. The van der Waals surface area contributed by atoms with Crippen molar-refractivity contribution in [1.29, 1.82) is 0 Å². The molecule has 0 unspecified atom stereocenters. The highest BCUT2D eigenvalue weighted by molar-refractivity contribution is 5.94. The van der Waals surface area contributed by atoms with E-state index in [9.17, 15) is 9.59 Å². The highest BCUT2D eigenvalue weighted by atomic mass is 16.5. The standard InChI is InChI=1S/C24H26N4O3/c1-31-22-5-2-4-19(17-22)24(30)26-20-10-14-27(15-11-20)23(29)16-18-6-8-21(9-7-18)28-13-3-12-25-28/h2-9,12-13,17,20H,10-11,14-16H2,1H3,(H,26,30). The van der Waals surface area contributed by atoms with Gasteiger partial charge in [0.1, 0.15) is 5.75 Å². The maximum atomic E-state index is 12.7. The Morgan fingerprint density at radius 1 is 1.10 bits per heavy atom. The number of aromatic nitrogens is 2. The van der Waals surface area contributed by atoms with Crippen molar-refractivity contribution in [2.75, 3.05) is 20.2 Å². The van der Waals surface area contributed by atoms with E-state index < -0.39 is 0 Å². The first-order valence-corrected chi connectivity index (χ1v) is 10.4. The van der Waals surface area contributed by atoms with Crippen molar-refractivity contribution in [3.63, 3.8) is 0 Å². The van der Waals surface area contributed by atoms with Gasteiger partial charge in [0, 0.05) is 37.1 Å². The predicted octanol–water partition coefficient (Wildman–Crippen LogP) is 2.84. The van der Waals surface area contributed by atoms with Gasteiger partial charge in [-0.25, -0.2) is 4.68 Å². The molecule has 0 saturated carbocycles. The molecule has 1 saturated heterocycles. The Labute approximate surface area is 181 Å². The minimum Gasteiger partial charge on any atom is -0.497 e. The molecule has 1 aromatic heterocycles. The molecule has 1 aliphatic rings. The van der Waals surface area contributed by atoms with Gasteiger partial charge in [-0.05, 0) is 54.8 Å². The van der Waals surface area contributed by atoms with Crippen LogP contribution in [-0.4, -0.2) is 52.7 Å². The average molecular weight is 418 g/mol. The van der Waals surface area contributed by atoms with Gasteiger partial charge < -0.3 is 15.0 Å². The van der Waals surface area contributed by atoms with Crippen LogP contribution in [0, 0.1) is 0 Å². The lowest BCUT2D eigenvalue weighted by atomic mass is 10.0. The number of nitrogens with one attached hydrogen (secondary N) is 1.